The average molecular weight is 295 g/mol. The van der Waals surface area contributed by atoms with E-state index in [2.05, 4.69) is 5.32 Å². The van der Waals surface area contributed by atoms with E-state index < -0.39 is 0 Å². The molecular weight excluding hydrogens is 282 g/mol. The summed E-state index contributed by atoms with van der Waals surface area (Å²) in [6, 6.07) is 15.1. The van der Waals surface area contributed by atoms with Gasteiger partial charge in [0.2, 0.25) is 0 Å². The number of carbonyl (C=O) groups is 2. The number of nitrogens with one attached hydrogen (secondary N) is 1. The molecule has 0 saturated heterocycles. The largest absolute Gasteiger partial charge is 0.288 e. The lowest BCUT2D eigenvalue weighted by atomic mass is 9.93. The van der Waals surface area contributed by atoms with Gasteiger partial charge in [-0.2, -0.15) is 0 Å². The smallest absolute Gasteiger partial charge is 0.258 e. The number of amides is 2. The van der Waals surface area contributed by atoms with E-state index in [-0.39, 0.29) is 11.8 Å². The third-order valence-electron chi connectivity index (χ3n) is 3.36. The summed E-state index contributed by atoms with van der Waals surface area (Å²) in [6.07, 6.45) is 3.83. The first-order valence-electron chi connectivity index (χ1n) is 6.50. The molecule has 0 aromatic heterocycles. The Morgan fingerprint density at radius 1 is 0.905 bits per heavy atom. The summed E-state index contributed by atoms with van der Waals surface area (Å²) in [7, 11) is 0. The molecule has 2 aromatic rings. The zero-order valence-corrected chi connectivity index (χ0v) is 12.2. The molecule has 0 bridgehead atoms. The van der Waals surface area contributed by atoms with Crippen LogP contribution in [0.3, 0.4) is 0 Å². The van der Waals surface area contributed by atoms with Gasteiger partial charge in [0.15, 0.2) is 0 Å². The van der Waals surface area contributed by atoms with E-state index in [0.717, 1.165) is 5.56 Å². The average Bonchev–Trinajstić information content (AvgIpc) is 2.52. The Bertz CT molecular complexity index is 748. The van der Waals surface area contributed by atoms with Gasteiger partial charge in [0.25, 0.3) is 11.8 Å². The minimum atomic E-state index is -0.354. The maximum absolute atomic E-state index is 12.1. The highest BCUT2D eigenvalue weighted by Crippen LogP contribution is 2.26. The van der Waals surface area contributed by atoms with E-state index in [1.165, 1.54) is 4.90 Å². The second kappa shape index (κ2) is 5.58. The maximum Gasteiger partial charge on any atom is 0.258 e. The van der Waals surface area contributed by atoms with Crippen molar-refractivity contribution in [2.45, 2.75) is 4.90 Å². The monoisotopic (exact) mass is 295 g/mol. The Hall–Kier alpha value is -2.33. The summed E-state index contributed by atoms with van der Waals surface area (Å²) in [5, 5.41) is 2.38. The minimum absolute atomic E-state index is 0.342. The van der Waals surface area contributed by atoms with Gasteiger partial charge >= 0.3 is 0 Å². The number of thioether (sulfide) groups is 1. The van der Waals surface area contributed by atoms with E-state index in [4.69, 9.17) is 0 Å². The molecule has 21 heavy (non-hydrogen) atoms. The van der Waals surface area contributed by atoms with Crippen LogP contribution in [0.5, 0.6) is 0 Å². The van der Waals surface area contributed by atoms with Crippen molar-refractivity contribution in [1.29, 1.82) is 0 Å². The lowest BCUT2D eigenvalue weighted by molar-refractivity contribution is -0.114. The highest BCUT2D eigenvalue weighted by Gasteiger charge is 2.26. The molecule has 0 fully saturated rings. The van der Waals surface area contributed by atoms with Crippen LogP contribution in [0.25, 0.3) is 11.6 Å². The number of carbonyl (C=O) groups excluding carboxylic acids is 2. The van der Waals surface area contributed by atoms with Gasteiger partial charge < -0.3 is 0 Å². The van der Waals surface area contributed by atoms with Gasteiger partial charge in [-0.1, -0.05) is 30.3 Å². The molecule has 1 N–H and O–H groups in total. The van der Waals surface area contributed by atoms with E-state index >= 15 is 0 Å². The molecule has 0 spiro atoms. The summed E-state index contributed by atoms with van der Waals surface area (Å²) in [5.74, 6) is -0.696. The molecule has 0 atom stereocenters. The molecule has 2 aromatic carbocycles. The van der Waals surface area contributed by atoms with Crippen molar-refractivity contribution in [2.24, 2.45) is 0 Å². The normalized spacial score (nSPS) is 15.8. The Labute approximate surface area is 127 Å². The van der Waals surface area contributed by atoms with E-state index in [9.17, 15) is 9.59 Å². The lowest BCUT2D eigenvalue weighted by Gasteiger charge is -2.18. The van der Waals surface area contributed by atoms with Gasteiger partial charge in [0.05, 0.1) is 0 Å². The fourth-order valence-electron chi connectivity index (χ4n) is 2.29. The van der Waals surface area contributed by atoms with E-state index in [1.807, 2.05) is 42.7 Å². The first-order valence-corrected chi connectivity index (χ1v) is 7.72. The van der Waals surface area contributed by atoms with Crippen molar-refractivity contribution in [3.63, 3.8) is 0 Å². The van der Waals surface area contributed by atoms with Crippen molar-refractivity contribution in [2.75, 3.05) is 6.26 Å². The quantitative estimate of drug-likeness (QED) is 0.525. The van der Waals surface area contributed by atoms with Crippen molar-refractivity contribution in [3.05, 3.63) is 65.2 Å². The molecule has 0 aliphatic carbocycles. The molecule has 0 saturated carbocycles. The van der Waals surface area contributed by atoms with Crippen molar-refractivity contribution >= 4 is 35.2 Å². The molecule has 3 rings (SSSR count). The van der Waals surface area contributed by atoms with Crippen molar-refractivity contribution in [1.82, 2.24) is 5.32 Å². The summed E-state index contributed by atoms with van der Waals surface area (Å²) >= 11 is 1.67. The highest BCUT2D eigenvalue weighted by atomic mass is 32.2. The Balaban J connectivity index is 2.07. The minimum Gasteiger partial charge on any atom is -0.288 e. The van der Waals surface area contributed by atoms with Gasteiger partial charge in [-0.15, -0.1) is 11.8 Å². The standard InChI is InChI=1S/C17H13NO2S/c1-21-12-8-6-11(7-9-12)10-15-13-4-2-3-5-14(13)16(19)18-17(15)20/h2-10H,1H3,(H,18,19,20)/b15-10+. The molecule has 1 aliphatic heterocycles. The van der Waals surface area contributed by atoms with Crippen LogP contribution in [0.2, 0.25) is 0 Å². The van der Waals surface area contributed by atoms with Gasteiger partial charge in [-0.3, -0.25) is 14.9 Å². The van der Waals surface area contributed by atoms with Crippen LogP contribution in [0, 0.1) is 0 Å². The zero-order valence-electron chi connectivity index (χ0n) is 11.4. The predicted octanol–water partition coefficient (Wildman–Crippen LogP) is 3.22. The Morgan fingerprint density at radius 3 is 2.24 bits per heavy atom. The topological polar surface area (TPSA) is 46.2 Å². The molecule has 1 aliphatic rings. The third kappa shape index (κ3) is 2.62. The summed E-state index contributed by atoms with van der Waals surface area (Å²) in [5.41, 5.74) is 2.66. The van der Waals surface area contributed by atoms with Crippen LogP contribution < -0.4 is 5.32 Å². The lowest BCUT2D eigenvalue weighted by Crippen LogP contribution is -2.36. The van der Waals surface area contributed by atoms with Crippen LogP contribution in [-0.2, 0) is 4.79 Å². The van der Waals surface area contributed by atoms with Crippen LogP contribution in [0.4, 0.5) is 0 Å². The second-order valence-electron chi connectivity index (χ2n) is 4.66. The number of benzene rings is 2. The van der Waals surface area contributed by atoms with Crippen LogP contribution in [0.15, 0.2) is 53.4 Å². The molecule has 3 nitrogen and oxygen atoms in total. The van der Waals surface area contributed by atoms with Crippen LogP contribution in [-0.4, -0.2) is 18.1 Å². The SMILES string of the molecule is CSc1ccc(/C=C2/C(=O)NC(=O)c3ccccc32)cc1. The Kier molecular flexibility index (Phi) is 3.62. The number of imide groups is 1. The molecule has 4 heteroatoms. The number of hydrogen-bond acceptors (Lipinski definition) is 3. The van der Waals surface area contributed by atoms with Gasteiger partial charge in [0, 0.05) is 16.0 Å². The molecule has 1 heterocycles. The van der Waals surface area contributed by atoms with Gasteiger partial charge in [0.1, 0.15) is 0 Å². The Morgan fingerprint density at radius 2 is 1.57 bits per heavy atom. The van der Waals surface area contributed by atoms with Crippen molar-refractivity contribution < 1.29 is 9.59 Å². The summed E-state index contributed by atoms with van der Waals surface area (Å²) in [6.45, 7) is 0. The van der Waals surface area contributed by atoms with Crippen LogP contribution >= 0.6 is 11.8 Å². The fraction of sp³-hybridized carbons (Fsp3) is 0.0588. The van der Waals surface area contributed by atoms with E-state index in [1.54, 1.807) is 30.0 Å². The summed E-state index contributed by atoms with van der Waals surface area (Å²) in [4.78, 5) is 25.1. The van der Waals surface area contributed by atoms with Gasteiger partial charge in [-0.05, 0) is 41.7 Å². The van der Waals surface area contributed by atoms with Crippen molar-refractivity contribution in [3.8, 4) is 0 Å². The molecule has 2 amide bonds. The fourth-order valence-corrected chi connectivity index (χ4v) is 2.69. The predicted molar refractivity (Wildman–Crippen MR) is 85.0 cm³/mol. The first-order chi connectivity index (χ1) is 10.2. The maximum atomic E-state index is 12.1. The zero-order chi connectivity index (χ0) is 14.8. The molecule has 104 valence electrons. The third-order valence-corrected chi connectivity index (χ3v) is 4.10. The van der Waals surface area contributed by atoms with Crippen LogP contribution in [0.1, 0.15) is 21.5 Å². The molecule has 0 unspecified atom stereocenters. The molecule has 0 radical (unpaired) electrons. The number of hydrogen-bond donors (Lipinski definition) is 1. The van der Waals surface area contributed by atoms with Gasteiger partial charge in [-0.25, -0.2) is 0 Å². The second-order valence-corrected chi connectivity index (χ2v) is 5.54. The molecular formula is C17H13NO2S. The summed E-state index contributed by atoms with van der Waals surface area (Å²) < 4.78 is 0. The number of fused-ring (bicyclic) bond motifs is 1. The van der Waals surface area contributed by atoms with E-state index in [0.29, 0.717) is 16.7 Å². The highest BCUT2D eigenvalue weighted by molar-refractivity contribution is 7.98. The first kappa shape index (κ1) is 13.6. The number of rotatable bonds is 2.